The van der Waals surface area contributed by atoms with Crippen LogP contribution in [0.3, 0.4) is 0 Å². The second kappa shape index (κ2) is 7.53. The molecule has 0 aliphatic rings. The minimum Gasteiger partial charge on any atom is -0.484 e. The Morgan fingerprint density at radius 2 is 1.80 bits per heavy atom. The standard InChI is InChI=1S/C15H21NO4/c1-11(2)16(9-12(3)15(18)19)14(17)10-20-13-7-5-4-6-8-13/h4-8,11-12H,9-10H2,1-3H3,(H,18,19). The first-order valence-electron chi connectivity index (χ1n) is 6.62. The van der Waals surface area contributed by atoms with Crippen LogP contribution in [0.1, 0.15) is 20.8 Å². The average Bonchev–Trinajstić information content (AvgIpc) is 2.42. The van der Waals surface area contributed by atoms with Gasteiger partial charge in [-0.3, -0.25) is 9.59 Å². The smallest absolute Gasteiger partial charge is 0.308 e. The molecular weight excluding hydrogens is 258 g/mol. The summed E-state index contributed by atoms with van der Waals surface area (Å²) in [5.41, 5.74) is 0. The van der Waals surface area contributed by atoms with Gasteiger partial charge in [-0.1, -0.05) is 25.1 Å². The Morgan fingerprint density at radius 3 is 2.30 bits per heavy atom. The Morgan fingerprint density at radius 1 is 1.20 bits per heavy atom. The van der Waals surface area contributed by atoms with Crippen molar-refractivity contribution in [3.8, 4) is 5.75 Å². The van der Waals surface area contributed by atoms with E-state index in [0.29, 0.717) is 5.75 Å². The number of carbonyl (C=O) groups is 2. The lowest BCUT2D eigenvalue weighted by molar-refractivity contribution is -0.144. The highest BCUT2D eigenvalue weighted by Crippen LogP contribution is 2.10. The highest BCUT2D eigenvalue weighted by atomic mass is 16.5. The number of carboxylic acids is 1. The van der Waals surface area contributed by atoms with Gasteiger partial charge in [0.2, 0.25) is 0 Å². The van der Waals surface area contributed by atoms with E-state index >= 15 is 0 Å². The van der Waals surface area contributed by atoms with Gasteiger partial charge in [0, 0.05) is 12.6 Å². The van der Waals surface area contributed by atoms with Crippen LogP contribution in [-0.4, -0.2) is 41.1 Å². The van der Waals surface area contributed by atoms with Crippen LogP contribution in [0, 0.1) is 5.92 Å². The van der Waals surface area contributed by atoms with Crippen LogP contribution in [-0.2, 0) is 9.59 Å². The van der Waals surface area contributed by atoms with Gasteiger partial charge >= 0.3 is 5.97 Å². The molecule has 0 heterocycles. The fourth-order valence-corrected chi connectivity index (χ4v) is 1.72. The molecule has 1 atom stereocenters. The first-order chi connectivity index (χ1) is 9.41. The van der Waals surface area contributed by atoms with Crippen LogP contribution in [0.25, 0.3) is 0 Å². The Labute approximate surface area is 119 Å². The van der Waals surface area contributed by atoms with Crippen LogP contribution in [0.15, 0.2) is 30.3 Å². The predicted molar refractivity (Wildman–Crippen MR) is 75.6 cm³/mol. The molecule has 0 aliphatic carbocycles. The maximum atomic E-state index is 12.1. The van der Waals surface area contributed by atoms with E-state index in [-0.39, 0.29) is 25.1 Å². The third-order valence-electron chi connectivity index (χ3n) is 2.94. The minimum absolute atomic E-state index is 0.0660. The molecule has 1 N–H and O–H groups in total. The van der Waals surface area contributed by atoms with E-state index in [1.165, 1.54) is 4.90 Å². The van der Waals surface area contributed by atoms with Crippen molar-refractivity contribution in [3.63, 3.8) is 0 Å². The molecule has 0 aromatic heterocycles. The number of rotatable bonds is 7. The highest BCUT2D eigenvalue weighted by molar-refractivity contribution is 5.79. The Bertz CT molecular complexity index is 444. The van der Waals surface area contributed by atoms with Crippen LogP contribution in [0.5, 0.6) is 5.75 Å². The van der Waals surface area contributed by atoms with Gasteiger partial charge in [0.1, 0.15) is 5.75 Å². The van der Waals surface area contributed by atoms with E-state index in [1.54, 1.807) is 19.1 Å². The number of carbonyl (C=O) groups excluding carboxylic acids is 1. The SMILES string of the molecule is CC(CN(C(=O)COc1ccccc1)C(C)C)C(=O)O. The molecule has 0 fully saturated rings. The second-order valence-electron chi connectivity index (χ2n) is 4.98. The Hall–Kier alpha value is -2.04. The number of benzene rings is 1. The topological polar surface area (TPSA) is 66.8 Å². The van der Waals surface area contributed by atoms with Crippen molar-refractivity contribution in [3.05, 3.63) is 30.3 Å². The third-order valence-corrected chi connectivity index (χ3v) is 2.94. The molecule has 1 amide bonds. The molecule has 1 unspecified atom stereocenters. The number of carboxylic acid groups (broad SMARTS) is 1. The van der Waals surface area contributed by atoms with E-state index in [4.69, 9.17) is 9.84 Å². The Balaban J connectivity index is 2.58. The van der Waals surface area contributed by atoms with Gasteiger partial charge < -0.3 is 14.7 Å². The molecule has 0 saturated heterocycles. The predicted octanol–water partition coefficient (Wildman–Crippen LogP) is 2.02. The molecule has 5 nitrogen and oxygen atoms in total. The molecule has 1 aromatic carbocycles. The summed E-state index contributed by atoms with van der Waals surface area (Å²) in [5.74, 6) is -1.10. The van der Waals surface area contributed by atoms with Gasteiger partial charge in [-0.05, 0) is 26.0 Å². The van der Waals surface area contributed by atoms with Crippen LogP contribution in [0.2, 0.25) is 0 Å². The number of ether oxygens (including phenoxy) is 1. The number of aliphatic carboxylic acids is 1. The summed E-state index contributed by atoms with van der Waals surface area (Å²) < 4.78 is 5.40. The van der Waals surface area contributed by atoms with Gasteiger partial charge in [0.25, 0.3) is 5.91 Å². The van der Waals surface area contributed by atoms with Gasteiger partial charge in [-0.15, -0.1) is 0 Å². The largest absolute Gasteiger partial charge is 0.484 e. The van der Waals surface area contributed by atoms with Crippen molar-refractivity contribution < 1.29 is 19.4 Å². The second-order valence-corrected chi connectivity index (χ2v) is 4.98. The summed E-state index contributed by atoms with van der Waals surface area (Å²) in [7, 11) is 0. The summed E-state index contributed by atoms with van der Waals surface area (Å²) in [4.78, 5) is 24.5. The maximum Gasteiger partial charge on any atom is 0.308 e. The summed E-state index contributed by atoms with van der Waals surface area (Å²) in [5, 5.41) is 8.93. The van der Waals surface area contributed by atoms with Crippen molar-refractivity contribution in [2.75, 3.05) is 13.2 Å². The molecule has 1 rings (SSSR count). The molecule has 110 valence electrons. The summed E-state index contributed by atoms with van der Waals surface area (Å²) in [6.07, 6.45) is 0. The zero-order chi connectivity index (χ0) is 15.1. The number of hydrogen-bond acceptors (Lipinski definition) is 3. The highest BCUT2D eigenvalue weighted by Gasteiger charge is 2.23. The molecule has 0 spiro atoms. The fraction of sp³-hybridized carbons (Fsp3) is 0.467. The maximum absolute atomic E-state index is 12.1. The van der Waals surface area contributed by atoms with Crippen LogP contribution in [0.4, 0.5) is 0 Å². The zero-order valence-electron chi connectivity index (χ0n) is 12.1. The van der Waals surface area contributed by atoms with Gasteiger partial charge in [-0.2, -0.15) is 0 Å². The molecule has 1 aromatic rings. The lowest BCUT2D eigenvalue weighted by atomic mass is 10.1. The number of hydrogen-bond donors (Lipinski definition) is 1. The quantitative estimate of drug-likeness (QED) is 0.829. The molecule has 0 saturated carbocycles. The fourth-order valence-electron chi connectivity index (χ4n) is 1.72. The van der Waals surface area contributed by atoms with Crippen molar-refractivity contribution in [2.45, 2.75) is 26.8 Å². The average molecular weight is 279 g/mol. The number of nitrogens with zero attached hydrogens (tertiary/aromatic N) is 1. The van der Waals surface area contributed by atoms with Crippen molar-refractivity contribution in [1.82, 2.24) is 4.90 Å². The van der Waals surface area contributed by atoms with Crippen LogP contribution >= 0.6 is 0 Å². The molecule has 20 heavy (non-hydrogen) atoms. The van der Waals surface area contributed by atoms with Gasteiger partial charge in [0.05, 0.1) is 5.92 Å². The number of amides is 1. The monoisotopic (exact) mass is 279 g/mol. The van der Waals surface area contributed by atoms with Crippen molar-refractivity contribution in [1.29, 1.82) is 0 Å². The van der Waals surface area contributed by atoms with E-state index in [9.17, 15) is 9.59 Å². The van der Waals surface area contributed by atoms with Gasteiger partial charge in [-0.25, -0.2) is 0 Å². The summed E-state index contributed by atoms with van der Waals surface area (Å²) in [6.45, 7) is 5.39. The van der Waals surface area contributed by atoms with Crippen molar-refractivity contribution >= 4 is 11.9 Å². The zero-order valence-corrected chi connectivity index (χ0v) is 12.1. The molecule has 0 bridgehead atoms. The summed E-state index contributed by atoms with van der Waals surface area (Å²) in [6, 6.07) is 8.99. The van der Waals surface area contributed by atoms with E-state index in [1.807, 2.05) is 32.0 Å². The van der Waals surface area contributed by atoms with Gasteiger partial charge in [0.15, 0.2) is 6.61 Å². The molecule has 0 radical (unpaired) electrons. The number of para-hydroxylation sites is 1. The summed E-state index contributed by atoms with van der Waals surface area (Å²) >= 11 is 0. The third kappa shape index (κ3) is 4.91. The van der Waals surface area contributed by atoms with Crippen LogP contribution < -0.4 is 4.74 Å². The lowest BCUT2D eigenvalue weighted by Gasteiger charge is -2.28. The molecular formula is C15H21NO4. The molecule has 0 aliphatic heterocycles. The Kier molecular flexibility index (Phi) is 6.03. The lowest BCUT2D eigenvalue weighted by Crippen LogP contribution is -2.43. The molecule has 5 heteroatoms. The first kappa shape index (κ1) is 16.0. The first-order valence-corrected chi connectivity index (χ1v) is 6.62. The van der Waals surface area contributed by atoms with E-state index in [2.05, 4.69) is 0 Å². The van der Waals surface area contributed by atoms with Crippen molar-refractivity contribution in [2.24, 2.45) is 5.92 Å². The van der Waals surface area contributed by atoms with E-state index in [0.717, 1.165) is 0 Å². The normalized spacial score (nSPS) is 12.0. The van der Waals surface area contributed by atoms with E-state index < -0.39 is 11.9 Å². The minimum atomic E-state index is -0.910.